The molecule has 0 saturated heterocycles. The maximum atomic E-state index is 4.58. The van der Waals surface area contributed by atoms with E-state index in [1.165, 1.54) is 0 Å². The molecule has 3 rings (SSSR count). The molecule has 0 radical (unpaired) electrons. The second-order valence-electron chi connectivity index (χ2n) is 5.60. The van der Waals surface area contributed by atoms with Crippen molar-refractivity contribution in [3.63, 3.8) is 0 Å². The van der Waals surface area contributed by atoms with Crippen molar-refractivity contribution in [1.29, 1.82) is 0 Å². The molecule has 24 heavy (non-hydrogen) atoms. The molecule has 3 aromatic heterocycles. The van der Waals surface area contributed by atoms with Gasteiger partial charge in [-0.05, 0) is 0 Å². The number of aryl methyl sites for hydroxylation is 3. The fourth-order valence-electron chi connectivity index (χ4n) is 2.34. The first-order chi connectivity index (χ1) is 11.6. The number of nitrogens with zero attached hydrogens (tertiary/aromatic N) is 6. The number of hydrogen-bond acceptors (Lipinski definition) is 3. The van der Waals surface area contributed by atoms with Crippen molar-refractivity contribution in [2.24, 2.45) is 0 Å². The summed E-state index contributed by atoms with van der Waals surface area (Å²) < 4.78 is 5.08. The van der Waals surface area contributed by atoms with Crippen LogP contribution in [0.5, 0.6) is 0 Å². The second kappa shape index (κ2) is 6.63. The third-order valence-electron chi connectivity index (χ3n) is 3.43. The van der Waals surface area contributed by atoms with Crippen molar-refractivity contribution in [2.45, 2.75) is 25.5 Å². The number of aromatic nitrogens is 6. The fraction of sp³-hybridized carbons (Fsp3) is 0.235. The first-order valence-corrected chi connectivity index (χ1v) is 8.81. The summed E-state index contributed by atoms with van der Waals surface area (Å²) in [4.78, 5) is 2.08. The SMILES string of the molecule is C=CC=[CH][Mn][C](n1cc(C)cn1)(n1cc(C)cn1)n1cc(C)cn1. The molecule has 0 N–H and O–H groups in total. The molecule has 0 unspecified atom stereocenters. The molecule has 0 aromatic carbocycles. The predicted molar refractivity (Wildman–Crippen MR) is 89.0 cm³/mol. The Kier molecular flexibility index (Phi) is 4.55. The molecular weight excluding hydrogens is 343 g/mol. The molecule has 0 aliphatic rings. The third-order valence-corrected chi connectivity index (χ3v) is 5.12. The molecule has 0 spiro atoms. The Morgan fingerprint density at radius 2 is 1.29 bits per heavy atom. The average Bonchev–Trinajstić information content (AvgIpc) is 3.27. The van der Waals surface area contributed by atoms with Crippen LogP contribution in [0.25, 0.3) is 0 Å². The molecule has 0 atom stereocenters. The van der Waals surface area contributed by atoms with E-state index < -0.39 is 4.69 Å². The average molecular weight is 363 g/mol. The number of hydrogen-bond donors (Lipinski definition) is 0. The molecule has 0 bridgehead atoms. The molecule has 6 nitrogen and oxygen atoms in total. The van der Waals surface area contributed by atoms with Gasteiger partial charge in [-0.25, -0.2) is 0 Å². The topological polar surface area (TPSA) is 53.5 Å². The van der Waals surface area contributed by atoms with E-state index in [1.54, 1.807) is 6.08 Å². The van der Waals surface area contributed by atoms with Crippen LogP contribution in [0.1, 0.15) is 16.7 Å². The predicted octanol–water partition coefficient (Wildman–Crippen LogP) is 2.65. The first-order valence-electron chi connectivity index (χ1n) is 7.53. The van der Waals surface area contributed by atoms with E-state index >= 15 is 0 Å². The Hall–Kier alpha value is -2.37. The van der Waals surface area contributed by atoms with Crippen molar-refractivity contribution in [3.05, 3.63) is 77.6 Å². The molecule has 0 fully saturated rings. The number of allylic oxidation sites excluding steroid dienone is 2. The van der Waals surface area contributed by atoms with Crippen LogP contribution in [0.2, 0.25) is 0 Å². The van der Waals surface area contributed by atoms with Crippen molar-refractivity contribution in [2.75, 3.05) is 0 Å². The zero-order valence-corrected chi connectivity index (χ0v) is 15.1. The van der Waals surface area contributed by atoms with E-state index in [9.17, 15) is 0 Å². The van der Waals surface area contributed by atoms with E-state index in [1.807, 2.05) is 78.1 Å². The summed E-state index contributed by atoms with van der Waals surface area (Å²) in [5.41, 5.74) is 3.26. The van der Waals surface area contributed by atoms with Gasteiger partial charge in [-0.1, -0.05) is 0 Å². The van der Waals surface area contributed by atoms with Crippen LogP contribution in [-0.2, 0) is 19.6 Å². The van der Waals surface area contributed by atoms with Gasteiger partial charge in [0.15, 0.2) is 0 Å². The Morgan fingerprint density at radius 3 is 1.58 bits per heavy atom. The zero-order chi connectivity index (χ0) is 17.2. The van der Waals surface area contributed by atoms with Crippen LogP contribution in [0.15, 0.2) is 60.9 Å². The third kappa shape index (κ3) is 2.88. The normalized spacial score (nSPS) is 12.1. The van der Waals surface area contributed by atoms with Gasteiger partial charge in [-0.2, -0.15) is 0 Å². The van der Waals surface area contributed by atoms with Crippen LogP contribution >= 0.6 is 0 Å². The molecule has 0 aliphatic heterocycles. The fourth-order valence-corrected chi connectivity index (χ4v) is 3.78. The van der Waals surface area contributed by atoms with Crippen LogP contribution < -0.4 is 0 Å². The summed E-state index contributed by atoms with van der Waals surface area (Å²) in [7, 11) is 0. The Balaban J connectivity index is 2.26. The van der Waals surface area contributed by atoms with E-state index in [2.05, 4.69) is 26.8 Å². The van der Waals surface area contributed by atoms with Crippen LogP contribution in [-0.4, -0.2) is 29.3 Å². The number of rotatable bonds is 6. The van der Waals surface area contributed by atoms with E-state index in [0.29, 0.717) is 0 Å². The van der Waals surface area contributed by atoms with E-state index in [4.69, 9.17) is 0 Å². The Labute approximate surface area is 147 Å². The zero-order valence-electron chi connectivity index (χ0n) is 14.0. The first kappa shape index (κ1) is 16.5. The minimum atomic E-state index is -0.695. The molecule has 0 saturated carbocycles. The molecule has 125 valence electrons. The van der Waals surface area contributed by atoms with Gasteiger partial charge in [0.1, 0.15) is 0 Å². The van der Waals surface area contributed by atoms with Gasteiger partial charge in [-0.3, -0.25) is 0 Å². The summed E-state index contributed by atoms with van der Waals surface area (Å²) >= 11 is 0.284. The van der Waals surface area contributed by atoms with Crippen LogP contribution in [0.3, 0.4) is 0 Å². The summed E-state index contributed by atoms with van der Waals surface area (Å²) in [6, 6.07) is 0. The van der Waals surface area contributed by atoms with Crippen molar-refractivity contribution >= 4 is 0 Å². The van der Waals surface area contributed by atoms with Crippen LogP contribution in [0, 0.1) is 20.8 Å². The van der Waals surface area contributed by atoms with Gasteiger partial charge < -0.3 is 0 Å². The van der Waals surface area contributed by atoms with Gasteiger partial charge in [0.2, 0.25) is 0 Å². The summed E-state index contributed by atoms with van der Waals surface area (Å²) in [5.74, 6) is 0. The standard InChI is InChI=1S/C13H15N6.C4H5.Mn/c1-10-4-14-17(7-10)13(18-8-11(2)5-15-18)19-9-12(3)6-16-19;1-3-4-2;/h4-9H,1-3H3;1,3-4H,2H2;. The van der Waals surface area contributed by atoms with Gasteiger partial charge in [0, 0.05) is 0 Å². The van der Waals surface area contributed by atoms with Gasteiger partial charge in [0.05, 0.1) is 0 Å². The molecule has 3 heterocycles. The Morgan fingerprint density at radius 1 is 0.875 bits per heavy atom. The van der Waals surface area contributed by atoms with Gasteiger partial charge in [-0.15, -0.1) is 0 Å². The molecule has 7 heteroatoms. The van der Waals surface area contributed by atoms with Crippen molar-refractivity contribution < 1.29 is 15.0 Å². The van der Waals surface area contributed by atoms with Gasteiger partial charge >= 0.3 is 147 Å². The van der Waals surface area contributed by atoms with Crippen molar-refractivity contribution in [3.8, 4) is 0 Å². The quantitative estimate of drug-likeness (QED) is 0.500. The molecule has 3 aromatic rings. The second-order valence-corrected chi connectivity index (χ2v) is 7.13. The summed E-state index contributed by atoms with van der Waals surface area (Å²) in [6.45, 7) is 9.85. The summed E-state index contributed by atoms with van der Waals surface area (Å²) in [6.07, 6.45) is 15.3. The monoisotopic (exact) mass is 363 g/mol. The van der Waals surface area contributed by atoms with Crippen molar-refractivity contribution in [1.82, 2.24) is 29.3 Å². The molecule has 0 amide bonds. The Bertz CT molecular complexity index is 771. The summed E-state index contributed by atoms with van der Waals surface area (Å²) in [5, 5.41) is 13.7. The van der Waals surface area contributed by atoms with Gasteiger partial charge in [0.25, 0.3) is 0 Å². The van der Waals surface area contributed by atoms with E-state index in [-0.39, 0.29) is 15.0 Å². The van der Waals surface area contributed by atoms with Crippen LogP contribution in [0.4, 0.5) is 0 Å². The molecular formula is C17H20MnN6. The molecule has 0 aliphatic carbocycles. The minimum absolute atomic E-state index is 0.284. The van der Waals surface area contributed by atoms with E-state index in [0.717, 1.165) is 16.7 Å². The maximum absolute atomic E-state index is 4.58.